The number of para-hydroxylation sites is 2. The molecule has 3 heterocycles. The number of rotatable bonds is 6. The summed E-state index contributed by atoms with van der Waals surface area (Å²) in [6.07, 6.45) is 11.6. The highest BCUT2D eigenvalue weighted by Crippen LogP contribution is 2.42. The zero-order valence-corrected chi connectivity index (χ0v) is 34.0. The minimum absolute atomic E-state index is 0.688. The molecule has 0 N–H and O–H groups in total. The van der Waals surface area contributed by atoms with E-state index >= 15 is 0 Å². The van der Waals surface area contributed by atoms with Gasteiger partial charge in [0.15, 0.2) is 5.82 Å². The molecule has 0 amide bonds. The number of allylic oxidation sites excluding steroid dienone is 6. The summed E-state index contributed by atoms with van der Waals surface area (Å²) < 4.78 is 2.40. The van der Waals surface area contributed by atoms with Crippen molar-refractivity contribution in [3.8, 4) is 50.7 Å². The molecule has 0 saturated carbocycles. The molecular weight excluding hydrogens is 753 g/mol. The Balaban J connectivity index is 1.08. The zero-order chi connectivity index (χ0) is 41.4. The van der Waals surface area contributed by atoms with E-state index in [0.29, 0.717) is 5.82 Å². The molecular formula is C58H40N4. The summed E-state index contributed by atoms with van der Waals surface area (Å²) in [4.78, 5) is 15.7. The highest BCUT2D eigenvalue weighted by atomic mass is 15.0. The molecule has 0 saturated heterocycles. The van der Waals surface area contributed by atoms with Crippen molar-refractivity contribution in [2.45, 2.75) is 6.42 Å². The molecule has 3 aromatic heterocycles. The van der Waals surface area contributed by atoms with E-state index in [1.165, 1.54) is 22.3 Å². The molecule has 0 spiro atoms. The van der Waals surface area contributed by atoms with Crippen LogP contribution in [0.25, 0.3) is 95.1 Å². The average Bonchev–Trinajstić information content (AvgIpc) is 3.69. The Morgan fingerprint density at radius 3 is 1.85 bits per heavy atom. The second kappa shape index (κ2) is 15.8. The normalized spacial score (nSPS) is 14.6. The van der Waals surface area contributed by atoms with E-state index in [1.807, 2.05) is 24.3 Å². The van der Waals surface area contributed by atoms with Gasteiger partial charge in [0.05, 0.1) is 33.6 Å². The summed E-state index contributed by atoms with van der Waals surface area (Å²) in [5, 5.41) is 3.32. The molecule has 62 heavy (non-hydrogen) atoms. The van der Waals surface area contributed by atoms with Crippen molar-refractivity contribution in [3.63, 3.8) is 0 Å². The van der Waals surface area contributed by atoms with Crippen LogP contribution in [0.15, 0.2) is 225 Å². The number of nitrogens with zero attached hydrogens (tertiary/aromatic N) is 4. The molecule has 0 aliphatic heterocycles. The van der Waals surface area contributed by atoms with Gasteiger partial charge in [0.25, 0.3) is 0 Å². The van der Waals surface area contributed by atoms with Crippen molar-refractivity contribution in [3.05, 3.63) is 241 Å². The molecule has 0 radical (unpaired) electrons. The van der Waals surface area contributed by atoms with Crippen molar-refractivity contribution < 1.29 is 0 Å². The number of pyridine rings is 1. The van der Waals surface area contributed by atoms with Crippen LogP contribution in [0, 0.1) is 0 Å². The number of hydrogen-bond acceptors (Lipinski definition) is 3. The Morgan fingerprint density at radius 2 is 1.10 bits per heavy atom. The maximum absolute atomic E-state index is 5.47. The van der Waals surface area contributed by atoms with E-state index in [9.17, 15) is 0 Å². The molecule has 4 nitrogen and oxygen atoms in total. The first kappa shape index (κ1) is 36.8. The molecule has 10 aromatic rings. The van der Waals surface area contributed by atoms with Crippen LogP contribution in [0.1, 0.15) is 16.8 Å². The average molecular weight is 793 g/mol. The molecule has 0 fully saturated rings. The van der Waals surface area contributed by atoms with Gasteiger partial charge in [0.1, 0.15) is 0 Å². The molecule has 0 atom stereocenters. The first-order valence-corrected chi connectivity index (χ1v) is 21.0. The van der Waals surface area contributed by atoms with Crippen molar-refractivity contribution in [2.75, 3.05) is 0 Å². The van der Waals surface area contributed by atoms with Crippen molar-refractivity contribution >= 4 is 44.4 Å². The topological polar surface area (TPSA) is 43.6 Å². The van der Waals surface area contributed by atoms with E-state index in [-0.39, 0.29) is 0 Å². The third-order valence-electron chi connectivity index (χ3n) is 11.8. The second-order valence-electron chi connectivity index (χ2n) is 15.6. The van der Waals surface area contributed by atoms with Gasteiger partial charge in [-0.1, -0.05) is 189 Å². The maximum atomic E-state index is 5.47. The summed E-state index contributed by atoms with van der Waals surface area (Å²) in [5.41, 5.74) is 16.5. The van der Waals surface area contributed by atoms with Crippen LogP contribution < -0.4 is 0 Å². The van der Waals surface area contributed by atoms with Gasteiger partial charge >= 0.3 is 0 Å². The number of hydrogen-bond donors (Lipinski definition) is 0. The molecule has 4 heteroatoms. The summed E-state index contributed by atoms with van der Waals surface area (Å²) in [6, 6.07) is 66.0. The fourth-order valence-corrected chi connectivity index (χ4v) is 8.71. The smallest absolute Gasteiger partial charge is 0.160 e. The van der Waals surface area contributed by atoms with Gasteiger partial charge in [-0.15, -0.1) is 0 Å². The predicted molar refractivity (Wildman–Crippen MR) is 259 cm³/mol. The summed E-state index contributed by atoms with van der Waals surface area (Å²) in [7, 11) is 0. The fraction of sp³-hybridized carbons (Fsp3) is 0.0172. The second-order valence-corrected chi connectivity index (χ2v) is 15.6. The van der Waals surface area contributed by atoms with Crippen LogP contribution >= 0.6 is 0 Å². The van der Waals surface area contributed by atoms with Crippen LogP contribution in [0.4, 0.5) is 0 Å². The van der Waals surface area contributed by atoms with Gasteiger partial charge in [-0.25, -0.2) is 15.0 Å². The van der Waals surface area contributed by atoms with Gasteiger partial charge in [-0.2, -0.15) is 0 Å². The van der Waals surface area contributed by atoms with Crippen LogP contribution in [-0.4, -0.2) is 19.5 Å². The Hall–Kier alpha value is -8.21. The van der Waals surface area contributed by atoms with E-state index < -0.39 is 0 Å². The predicted octanol–water partition coefficient (Wildman–Crippen LogP) is 14.6. The third kappa shape index (κ3) is 6.74. The molecule has 7 aromatic carbocycles. The zero-order valence-electron chi connectivity index (χ0n) is 34.0. The highest BCUT2D eigenvalue weighted by Gasteiger charge is 2.23. The number of fused-ring (bicyclic) bond motifs is 6. The molecule has 11 rings (SSSR count). The van der Waals surface area contributed by atoms with E-state index in [0.717, 1.165) is 89.7 Å². The summed E-state index contributed by atoms with van der Waals surface area (Å²) in [5.74, 6) is 0.688. The Labute approximate surface area is 360 Å². The molecule has 0 bridgehead atoms. The fourth-order valence-electron chi connectivity index (χ4n) is 8.71. The first-order valence-electron chi connectivity index (χ1n) is 21.0. The monoisotopic (exact) mass is 792 g/mol. The largest absolute Gasteiger partial charge is 0.308 e. The van der Waals surface area contributed by atoms with Crippen molar-refractivity contribution in [2.24, 2.45) is 0 Å². The first-order chi connectivity index (χ1) is 30.7. The molecule has 1 aliphatic carbocycles. The van der Waals surface area contributed by atoms with Crippen LogP contribution in [0.3, 0.4) is 0 Å². The standard InChI is InChI=1S/C58H40N4/c1-39-17-5-2-6-20-41-21-11-12-24-46(41)37-50(39)56-55-49-26-14-16-28-54(49)62(57(55)48-25-13-15-27-51(48)59-56)47-35-33-44(34-36-47)53-38-52(60-58(61-53)45-22-9-4-10-23-45)43-31-29-42(30-32-43)40-18-7-3-8-19-40/h2-19,21-38H,1,20H2/b6-2-,17-5-,50-37+. The minimum atomic E-state index is 0.688. The van der Waals surface area contributed by atoms with Crippen LogP contribution in [0.2, 0.25) is 0 Å². The number of benzene rings is 7. The summed E-state index contributed by atoms with van der Waals surface area (Å²) in [6.45, 7) is 4.61. The van der Waals surface area contributed by atoms with E-state index in [1.54, 1.807) is 0 Å². The SMILES string of the molecule is C=C1/C=C\C=C/Cc2ccccc2/C=C\1c1nc2ccccc2c2c1c1ccccc1n2-c1ccc(-c2cc(-c3ccc(-c4ccccc4)cc3)nc(-c3ccccc3)n2)cc1. The lowest BCUT2D eigenvalue weighted by molar-refractivity contribution is 1.17. The van der Waals surface area contributed by atoms with E-state index in [2.05, 4.69) is 205 Å². The Kier molecular flexibility index (Phi) is 9.36. The Bertz CT molecular complexity index is 3410. The lowest BCUT2D eigenvalue weighted by Gasteiger charge is -2.15. The van der Waals surface area contributed by atoms with Gasteiger partial charge in [-0.05, 0) is 70.7 Å². The maximum Gasteiger partial charge on any atom is 0.160 e. The summed E-state index contributed by atoms with van der Waals surface area (Å²) >= 11 is 0. The van der Waals surface area contributed by atoms with E-state index in [4.69, 9.17) is 15.0 Å². The van der Waals surface area contributed by atoms with Crippen molar-refractivity contribution in [1.82, 2.24) is 19.5 Å². The minimum Gasteiger partial charge on any atom is -0.308 e. The lowest BCUT2D eigenvalue weighted by atomic mass is 9.93. The number of aromatic nitrogens is 4. The highest BCUT2D eigenvalue weighted by molar-refractivity contribution is 6.22. The van der Waals surface area contributed by atoms with Gasteiger partial charge in [0.2, 0.25) is 0 Å². The van der Waals surface area contributed by atoms with Crippen LogP contribution in [0.5, 0.6) is 0 Å². The lowest BCUT2D eigenvalue weighted by Crippen LogP contribution is -1.99. The molecule has 0 unspecified atom stereocenters. The van der Waals surface area contributed by atoms with Gasteiger partial charge in [0, 0.05) is 44.1 Å². The third-order valence-corrected chi connectivity index (χ3v) is 11.8. The van der Waals surface area contributed by atoms with Crippen LogP contribution in [-0.2, 0) is 6.42 Å². The molecule has 1 aliphatic rings. The Morgan fingerprint density at radius 1 is 0.500 bits per heavy atom. The molecule has 292 valence electrons. The van der Waals surface area contributed by atoms with Gasteiger partial charge < -0.3 is 4.57 Å². The van der Waals surface area contributed by atoms with Gasteiger partial charge in [-0.3, -0.25) is 0 Å². The van der Waals surface area contributed by atoms with Crippen molar-refractivity contribution in [1.29, 1.82) is 0 Å². The quantitative estimate of drug-likeness (QED) is 0.168.